The van der Waals surface area contributed by atoms with Crippen LogP contribution in [0.5, 0.6) is 0 Å². The maximum atomic E-state index is 15.1. The fraction of sp³-hybridized carbons (Fsp3) is 0.465. The molecule has 8 rings (SSSR count). The molecule has 2 saturated carbocycles. The summed E-state index contributed by atoms with van der Waals surface area (Å²) in [6, 6.07) is 12.8. The Balaban J connectivity index is 1.21. The highest BCUT2D eigenvalue weighted by Gasteiger charge is 2.57. The number of rotatable bonds is 8. The van der Waals surface area contributed by atoms with Crippen molar-refractivity contribution in [3.05, 3.63) is 93.4 Å². The Morgan fingerprint density at radius 1 is 0.643 bits per heavy atom. The van der Waals surface area contributed by atoms with E-state index in [0.29, 0.717) is 0 Å². The van der Waals surface area contributed by atoms with Crippen LogP contribution in [0.3, 0.4) is 0 Å². The van der Waals surface area contributed by atoms with Gasteiger partial charge in [0.05, 0.1) is 17.1 Å². The Bertz CT molecular complexity index is 2130. The molecule has 2 aromatic carbocycles. The van der Waals surface area contributed by atoms with Gasteiger partial charge in [-0.3, -0.25) is 33.6 Å². The summed E-state index contributed by atoms with van der Waals surface area (Å²) in [4.78, 5) is 96.6. The van der Waals surface area contributed by atoms with E-state index in [4.69, 9.17) is 28.4 Å². The third-order valence-electron chi connectivity index (χ3n) is 12.4. The number of benzene rings is 2. The standard InChI is InChI=1S/C43H42O13/c1-21-29-31(35(48)27-11-7-5-9-25(27)33(29)46)40(55-42(51-3)17-13-23(44)14-18-42)53-38(21)37(50)39-22(2)30-32(36(49)28-12-8-6-10-26(28)34(30)47)41(54-39)56-43(52-4)19-15-24(45)16-20-43/h5-12,21-22,29,38-39,41H,13-20H2,1-4H3/t21?,22?,29?,38?,39-,41+/m0/s1. The molecule has 0 aromatic heterocycles. The first-order valence-corrected chi connectivity index (χ1v) is 19.0. The number of carbonyl (C=O) groups is 7. The normalized spacial score (nSPS) is 29.6. The van der Waals surface area contributed by atoms with E-state index < -0.39 is 76.7 Å². The van der Waals surface area contributed by atoms with E-state index in [1.54, 1.807) is 62.4 Å². The smallest absolute Gasteiger partial charge is 0.290 e. The largest absolute Gasteiger partial charge is 0.453 e. The molecular formula is C43H42O13. The first kappa shape index (κ1) is 37.9. The first-order valence-electron chi connectivity index (χ1n) is 19.0. The molecule has 2 aromatic rings. The predicted molar refractivity (Wildman–Crippen MR) is 193 cm³/mol. The van der Waals surface area contributed by atoms with Crippen molar-refractivity contribution < 1.29 is 62.0 Å². The molecule has 13 nitrogen and oxygen atoms in total. The minimum atomic E-state index is -1.56. The van der Waals surface area contributed by atoms with Crippen molar-refractivity contribution in [2.45, 2.75) is 95.3 Å². The third-order valence-corrected chi connectivity index (χ3v) is 12.4. The van der Waals surface area contributed by atoms with Gasteiger partial charge >= 0.3 is 0 Å². The third kappa shape index (κ3) is 6.03. The SMILES string of the molecule is COC1(OC2=C3C(=O)c4ccccc4C(=O)C3C(C)C(C(=O)[C@H]3O[C@H](OC4(OC)CCC(=O)CC4)C4=C(C(=O)c5ccccc5C4=O)C3C)O2)CCC(=O)CC1. The number of allylic oxidation sites excluding steroid dienone is 1. The van der Waals surface area contributed by atoms with Gasteiger partial charge in [-0.15, -0.1) is 0 Å². The Labute approximate surface area is 322 Å². The second-order valence-corrected chi connectivity index (χ2v) is 15.5. The number of hydrogen-bond acceptors (Lipinski definition) is 13. The van der Waals surface area contributed by atoms with Gasteiger partial charge in [0, 0.05) is 105 Å². The summed E-state index contributed by atoms with van der Waals surface area (Å²) in [6.45, 7) is 3.24. The van der Waals surface area contributed by atoms with Crippen LogP contribution in [0.4, 0.5) is 0 Å². The lowest BCUT2D eigenvalue weighted by Gasteiger charge is -2.46. The zero-order valence-electron chi connectivity index (χ0n) is 31.5. The van der Waals surface area contributed by atoms with Gasteiger partial charge in [-0.05, 0) is 0 Å². The van der Waals surface area contributed by atoms with Crippen molar-refractivity contribution >= 4 is 40.5 Å². The zero-order chi connectivity index (χ0) is 39.7. The summed E-state index contributed by atoms with van der Waals surface area (Å²) < 4.78 is 37.4. The Kier molecular flexibility index (Phi) is 9.63. The quantitative estimate of drug-likeness (QED) is 0.320. The predicted octanol–water partition coefficient (Wildman–Crippen LogP) is 5.24. The van der Waals surface area contributed by atoms with Gasteiger partial charge in [-0.25, -0.2) is 0 Å². The van der Waals surface area contributed by atoms with Crippen molar-refractivity contribution in [2.75, 3.05) is 14.2 Å². The van der Waals surface area contributed by atoms with Gasteiger partial charge in [-0.2, -0.15) is 0 Å². The highest BCUT2D eigenvalue weighted by Crippen LogP contribution is 2.48. The van der Waals surface area contributed by atoms with Crippen LogP contribution in [0.2, 0.25) is 0 Å². The molecular weight excluding hydrogens is 724 g/mol. The molecule has 2 aliphatic heterocycles. The van der Waals surface area contributed by atoms with Gasteiger partial charge in [0.2, 0.25) is 11.6 Å². The fourth-order valence-corrected chi connectivity index (χ4v) is 9.09. The van der Waals surface area contributed by atoms with Crippen LogP contribution in [-0.2, 0) is 42.8 Å². The molecule has 6 atom stereocenters. The topological polar surface area (TPSA) is 175 Å². The second kappa shape index (κ2) is 14.2. The van der Waals surface area contributed by atoms with Crippen molar-refractivity contribution in [1.82, 2.24) is 0 Å². The molecule has 0 bridgehead atoms. The fourth-order valence-electron chi connectivity index (χ4n) is 9.09. The number of ether oxygens (including phenoxy) is 6. The van der Waals surface area contributed by atoms with Gasteiger partial charge in [0.1, 0.15) is 17.7 Å². The van der Waals surface area contributed by atoms with Crippen LogP contribution >= 0.6 is 0 Å². The number of fused-ring (bicyclic) bond motifs is 3. The van der Waals surface area contributed by atoms with E-state index in [1.807, 2.05) is 0 Å². The van der Waals surface area contributed by atoms with E-state index in [0.717, 1.165) is 0 Å². The van der Waals surface area contributed by atoms with Crippen molar-refractivity contribution in [3.63, 3.8) is 0 Å². The Morgan fingerprint density at radius 3 is 1.68 bits per heavy atom. The molecule has 4 unspecified atom stereocenters. The molecule has 2 heterocycles. The number of hydrogen-bond donors (Lipinski definition) is 0. The van der Waals surface area contributed by atoms with Crippen LogP contribution in [0.15, 0.2) is 71.2 Å². The van der Waals surface area contributed by atoms with Crippen LogP contribution in [0.1, 0.15) is 107 Å². The Hall–Kier alpha value is -4.95. The molecule has 292 valence electrons. The summed E-state index contributed by atoms with van der Waals surface area (Å²) in [7, 11) is 2.83. The van der Waals surface area contributed by atoms with E-state index in [1.165, 1.54) is 14.2 Å². The van der Waals surface area contributed by atoms with E-state index in [9.17, 15) is 28.8 Å². The molecule has 0 saturated heterocycles. The van der Waals surface area contributed by atoms with Crippen LogP contribution in [0, 0.1) is 17.8 Å². The maximum absolute atomic E-state index is 15.1. The molecule has 2 fully saturated rings. The van der Waals surface area contributed by atoms with Crippen molar-refractivity contribution in [3.8, 4) is 0 Å². The van der Waals surface area contributed by atoms with Gasteiger partial charge < -0.3 is 28.4 Å². The number of methoxy groups -OCH3 is 2. The van der Waals surface area contributed by atoms with Crippen molar-refractivity contribution in [2.24, 2.45) is 17.8 Å². The summed E-state index contributed by atoms with van der Waals surface area (Å²) in [5, 5.41) is 0. The van der Waals surface area contributed by atoms with E-state index >= 15 is 4.79 Å². The average molecular weight is 767 g/mol. The molecule has 56 heavy (non-hydrogen) atoms. The van der Waals surface area contributed by atoms with Crippen LogP contribution in [0.25, 0.3) is 0 Å². The molecule has 13 heteroatoms. The number of ketones is 7. The highest BCUT2D eigenvalue weighted by atomic mass is 16.8. The first-order chi connectivity index (χ1) is 26.8. The van der Waals surface area contributed by atoms with E-state index in [-0.39, 0.29) is 108 Å². The lowest BCUT2D eigenvalue weighted by atomic mass is 9.68. The molecule has 6 aliphatic rings. The molecule has 0 spiro atoms. The van der Waals surface area contributed by atoms with Crippen LogP contribution in [-0.4, -0.2) is 84.8 Å². The number of carbonyl (C=O) groups excluding carboxylic acids is 7. The lowest BCUT2D eigenvalue weighted by molar-refractivity contribution is -0.308. The minimum Gasteiger partial charge on any atom is -0.453 e. The molecule has 0 N–H and O–H groups in total. The van der Waals surface area contributed by atoms with Gasteiger partial charge in [0.25, 0.3) is 5.95 Å². The highest BCUT2D eigenvalue weighted by molar-refractivity contribution is 6.28. The van der Waals surface area contributed by atoms with Gasteiger partial charge in [0.15, 0.2) is 41.3 Å². The molecule has 0 amide bonds. The Morgan fingerprint density at radius 2 is 1.12 bits per heavy atom. The zero-order valence-corrected chi connectivity index (χ0v) is 31.5. The van der Waals surface area contributed by atoms with Crippen molar-refractivity contribution in [1.29, 1.82) is 0 Å². The number of Topliss-reactive ketones (excluding diaryl/α,β-unsaturated/α-hetero) is 7. The lowest BCUT2D eigenvalue weighted by Crippen LogP contribution is -2.56. The van der Waals surface area contributed by atoms with Crippen LogP contribution < -0.4 is 0 Å². The summed E-state index contributed by atoms with van der Waals surface area (Å²) in [6.07, 6.45) is -3.29. The average Bonchev–Trinajstić information content (AvgIpc) is 3.21. The maximum Gasteiger partial charge on any atom is 0.290 e. The molecule has 0 radical (unpaired) electrons. The minimum absolute atomic E-state index is 0.0169. The second-order valence-electron chi connectivity index (χ2n) is 15.5. The molecule has 4 aliphatic carbocycles. The van der Waals surface area contributed by atoms with E-state index in [2.05, 4.69) is 0 Å². The summed E-state index contributed by atoms with van der Waals surface area (Å²) in [5.74, 6) is -8.73. The summed E-state index contributed by atoms with van der Waals surface area (Å²) in [5.41, 5.74) is 0.628. The summed E-state index contributed by atoms with van der Waals surface area (Å²) >= 11 is 0. The van der Waals surface area contributed by atoms with Gasteiger partial charge in [-0.1, -0.05) is 62.4 Å². The monoisotopic (exact) mass is 766 g/mol.